The van der Waals surface area contributed by atoms with Crippen molar-refractivity contribution in [1.82, 2.24) is 0 Å². The van der Waals surface area contributed by atoms with Gasteiger partial charge in [0.25, 0.3) is 0 Å². The fraction of sp³-hybridized carbons (Fsp3) is 0.429. The molecule has 1 rings (SSSR count). The number of esters is 1. The molecule has 0 aromatic heterocycles. The number of benzene rings is 1. The van der Waals surface area contributed by atoms with Crippen LogP contribution in [0.15, 0.2) is 18.2 Å². The van der Waals surface area contributed by atoms with E-state index in [0.29, 0.717) is 17.0 Å². The van der Waals surface area contributed by atoms with Crippen LogP contribution in [0.4, 0.5) is 5.69 Å². The topological polar surface area (TPSA) is 99.9 Å². The summed E-state index contributed by atoms with van der Waals surface area (Å²) in [7, 11) is 1.47. The Morgan fingerprint density at radius 3 is 2.62 bits per heavy atom. The first-order valence-electron chi connectivity index (χ1n) is 6.44. The summed E-state index contributed by atoms with van der Waals surface area (Å²) in [6.45, 7) is 3.35. The molecule has 0 saturated heterocycles. The summed E-state index contributed by atoms with van der Waals surface area (Å²) in [6, 6.07) is 4.57. The van der Waals surface area contributed by atoms with Crippen LogP contribution in [0, 0.1) is 0 Å². The van der Waals surface area contributed by atoms with Crippen molar-refractivity contribution in [1.29, 1.82) is 0 Å². The second-order valence-corrected chi connectivity index (χ2v) is 4.47. The fourth-order valence-corrected chi connectivity index (χ4v) is 1.48. The molecule has 0 unspecified atom stereocenters. The summed E-state index contributed by atoms with van der Waals surface area (Å²) in [4.78, 5) is 23.2. The first kappa shape index (κ1) is 16.9. The van der Waals surface area contributed by atoms with Gasteiger partial charge in [-0.3, -0.25) is 4.79 Å². The molecule has 116 valence electrons. The molecule has 7 heteroatoms. The van der Waals surface area contributed by atoms with Crippen LogP contribution in [0.1, 0.15) is 24.2 Å². The van der Waals surface area contributed by atoms with E-state index in [1.165, 1.54) is 19.2 Å². The van der Waals surface area contributed by atoms with Gasteiger partial charge >= 0.3 is 5.97 Å². The van der Waals surface area contributed by atoms with Gasteiger partial charge in [-0.1, -0.05) is 0 Å². The van der Waals surface area contributed by atoms with Gasteiger partial charge in [-0.2, -0.15) is 0 Å². The third-order valence-corrected chi connectivity index (χ3v) is 2.35. The summed E-state index contributed by atoms with van der Waals surface area (Å²) in [5.41, 5.74) is 5.98. The van der Waals surface area contributed by atoms with Crippen molar-refractivity contribution in [3.8, 4) is 5.75 Å². The molecule has 0 aliphatic heterocycles. The van der Waals surface area contributed by atoms with Crippen molar-refractivity contribution in [2.75, 3.05) is 25.8 Å². The number of methoxy groups -OCH3 is 1. The van der Waals surface area contributed by atoms with E-state index >= 15 is 0 Å². The Labute approximate surface area is 123 Å². The number of nitrogens with one attached hydrogen (secondary N) is 1. The number of nitrogens with two attached hydrogens (primary N) is 1. The molecule has 0 aliphatic carbocycles. The Balaban J connectivity index is 2.99. The van der Waals surface area contributed by atoms with Gasteiger partial charge in [-0.25, -0.2) is 4.79 Å². The monoisotopic (exact) mass is 296 g/mol. The number of hydrogen-bond donors (Lipinski definition) is 2. The van der Waals surface area contributed by atoms with Crippen LogP contribution in [-0.2, 0) is 14.3 Å². The highest BCUT2D eigenvalue weighted by Gasteiger charge is 2.14. The second-order valence-electron chi connectivity index (χ2n) is 4.47. The van der Waals surface area contributed by atoms with Gasteiger partial charge in [0.1, 0.15) is 5.75 Å². The van der Waals surface area contributed by atoms with Crippen molar-refractivity contribution in [2.24, 2.45) is 5.73 Å². The number of amides is 1. The van der Waals surface area contributed by atoms with Crippen LogP contribution in [0.2, 0.25) is 0 Å². The van der Waals surface area contributed by atoms with Gasteiger partial charge in [-0.05, 0) is 32.0 Å². The lowest BCUT2D eigenvalue weighted by Gasteiger charge is -2.14. The molecule has 0 spiro atoms. The molecule has 1 aromatic carbocycles. The minimum atomic E-state index is -0.469. The van der Waals surface area contributed by atoms with Crippen molar-refractivity contribution < 1.29 is 23.8 Å². The quantitative estimate of drug-likeness (QED) is 0.578. The summed E-state index contributed by atoms with van der Waals surface area (Å²) >= 11 is 0. The van der Waals surface area contributed by atoms with Gasteiger partial charge in [-0.15, -0.1) is 0 Å². The molecule has 1 amide bonds. The zero-order valence-electron chi connectivity index (χ0n) is 12.3. The highest BCUT2D eigenvalue weighted by Crippen LogP contribution is 2.26. The zero-order chi connectivity index (χ0) is 15.8. The lowest BCUT2D eigenvalue weighted by Crippen LogP contribution is -2.22. The molecule has 0 atom stereocenters. The number of carbonyl (C=O) groups is 2. The van der Waals surface area contributed by atoms with E-state index in [0.717, 1.165) is 0 Å². The van der Waals surface area contributed by atoms with E-state index in [1.54, 1.807) is 19.9 Å². The van der Waals surface area contributed by atoms with Crippen LogP contribution < -0.4 is 15.8 Å². The Bertz CT molecular complexity index is 502. The van der Waals surface area contributed by atoms with Crippen LogP contribution >= 0.6 is 0 Å². The fourth-order valence-electron chi connectivity index (χ4n) is 1.48. The predicted molar refractivity (Wildman–Crippen MR) is 77.2 cm³/mol. The van der Waals surface area contributed by atoms with E-state index in [4.69, 9.17) is 19.9 Å². The molecule has 0 saturated carbocycles. The predicted octanol–water partition coefficient (Wildman–Crippen LogP) is 1.13. The Kier molecular flexibility index (Phi) is 6.64. The van der Waals surface area contributed by atoms with Gasteiger partial charge < -0.3 is 25.3 Å². The molecule has 0 radical (unpaired) electrons. The average Bonchev–Trinajstić information content (AvgIpc) is 2.45. The maximum atomic E-state index is 11.9. The van der Waals surface area contributed by atoms with Crippen LogP contribution in [0.3, 0.4) is 0 Å². The molecule has 0 heterocycles. The number of rotatable bonds is 7. The van der Waals surface area contributed by atoms with Crippen molar-refractivity contribution in [3.63, 3.8) is 0 Å². The third-order valence-electron chi connectivity index (χ3n) is 2.35. The van der Waals surface area contributed by atoms with E-state index in [-0.39, 0.29) is 25.3 Å². The highest BCUT2D eigenvalue weighted by atomic mass is 16.7. The van der Waals surface area contributed by atoms with Crippen LogP contribution in [-0.4, -0.2) is 38.4 Å². The lowest BCUT2D eigenvalue weighted by atomic mass is 10.2. The van der Waals surface area contributed by atoms with Gasteiger partial charge in [0, 0.05) is 7.11 Å². The molecule has 1 aromatic rings. The SMILES string of the molecule is COCOc1cc(C(=O)OC(C)C)ccc1NC(=O)CN. The number of anilines is 1. The first-order valence-corrected chi connectivity index (χ1v) is 6.44. The maximum Gasteiger partial charge on any atom is 0.338 e. The molecule has 0 bridgehead atoms. The highest BCUT2D eigenvalue weighted by molar-refractivity contribution is 5.95. The van der Waals surface area contributed by atoms with E-state index in [9.17, 15) is 9.59 Å². The van der Waals surface area contributed by atoms with E-state index < -0.39 is 5.97 Å². The van der Waals surface area contributed by atoms with Gasteiger partial charge in [0.05, 0.1) is 23.9 Å². The molecule has 7 nitrogen and oxygen atoms in total. The van der Waals surface area contributed by atoms with Gasteiger partial charge in [0.15, 0.2) is 6.79 Å². The summed E-state index contributed by atoms with van der Waals surface area (Å²) in [6.07, 6.45) is -0.225. The second kappa shape index (κ2) is 8.23. The Morgan fingerprint density at radius 2 is 2.05 bits per heavy atom. The average molecular weight is 296 g/mol. The lowest BCUT2D eigenvalue weighted by molar-refractivity contribution is -0.114. The molecule has 0 fully saturated rings. The maximum absolute atomic E-state index is 11.9. The summed E-state index contributed by atoms with van der Waals surface area (Å²) in [5.74, 6) is -0.532. The minimum Gasteiger partial charge on any atom is -0.465 e. The first-order chi connectivity index (χ1) is 9.97. The van der Waals surface area contributed by atoms with E-state index in [1.807, 2.05) is 0 Å². The Morgan fingerprint density at radius 1 is 1.33 bits per heavy atom. The van der Waals surface area contributed by atoms with Crippen molar-refractivity contribution >= 4 is 17.6 Å². The molecular weight excluding hydrogens is 276 g/mol. The number of hydrogen-bond acceptors (Lipinski definition) is 6. The standard InChI is InChI=1S/C14H20N2O5/c1-9(2)21-14(18)10-4-5-11(16-13(17)7-15)12(6-10)20-8-19-3/h4-6,9H,7-8,15H2,1-3H3,(H,16,17). The molecule has 3 N–H and O–H groups in total. The molecule has 21 heavy (non-hydrogen) atoms. The third kappa shape index (κ3) is 5.41. The zero-order valence-corrected chi connectivity index (χ0v) is 12.3. The van der Waals surface area contributed by atoms with Crippen molar-refractivity contribution in [3.05, 3.63) is 23.8 Å². The van der Waals surface area contributed by atoms with Gasteiger partial charge in [0.2, 0.25) is 5.91 Å². The number of ether oxygens (including phenoxy) is 3. The van der Waals surface area contributed by atoms with E-state index in [2.05, 4.69) is 5.32 Å². The normalized spacial score (nSPS) is 10.3. The minimum absolute atomic E-state index is 0.0197. The largest absolute Gasteiger partial charge is 0.465 e. The Hall–Kier alpha value is -2.12. The summed E-state index contributed by atoms with van der Waals surface area (Å²) in [5, 5.41) is 2.58. The van der Waals surface area contributed by atoms with Crippen LogP contribution in [0.25, 0.3) is 0 Å². The number of carbonyl (C=O) groups excluding carboxylic acids is 2. The summed E-state index contributed by atoms with van der Waals surface area (Å²) < 4.78 is 15.3. The molecular formula is C14H20N2O5. The van der Waals surface area contributed by atoms with Crippen molar-refractivity contribution in [2.45, 2.75) is 20.0 Å². The molecule has 0 aliphatic rings. The van der Waals surface area contributed by atoms with Crippen LogP contribution in [0.5, 0.6) is 5.75 Å². The smallest absolute Gasteiger partial charge is 0.338 e.